The number of hydrogen-bond donors (Lipinski definition) is 1. The van der Waals surface area contributed by atoms with Crippen LogP contribution >= 0.6 is 15.9 Å². The van der Waals surface area contributed by atoms with Gasteiger partial charge in [-0.1, -0.05) is 42.5 Å². The Bertz CT molecular complexity index is 1240. The molecule has 2 aromatic heterocycles. The molecule has 0 unspecified atom stereocenters. The number of aryl methyl sites for hydroxylation is 1. The summed E-state index contributed by atoms with van der Waals surface area (Å²) in [5.74, 6) is 1.15. The fourth-order valence-electron chi connectivity index (χ4n) is 3.48. The number of aromatic nitrogens is 2. The number of nitrogens with zero attached hydrogens (tertiary/aromatic N) is 2. The Morgan fingerprint density at radius 3 is 2.59 bits per heavy atom. The van der Waals surface area contributed by atoms with Crippen LogP contribution in [-0.4, -0.2) is 20.9 Å². The Morgan fingerprint density at radius 1 is 1.06 bits per heavy atom. The molecule has 2 aromatic carbocycles. The third kappa shape index (κ3) is 5.37. The summed E-state index contributed by atoms with van der Waals surface area (Å²) < 4.78 is 8.63. The molecule has 0 atom stereocenters. The van der Waals surface area contributed by atoms with Gasteiger partial charge in [0, 0.05) is 28.2 Å². The highest BCUT2D eigenvalue weighted by Gasteiger charge is 2.20. The summed E-state index contributed by atoms with van der Waals surface area (Å²) in [5, 5.41) is 3.57. The van der Waals surface area contributed by atoms with E-state index in [0.717, 1.165) is 32.8 Å². The number of esters is 1. The van der Waals surface area contributed by atoms with E-state index in [1.54, 1.807) is 6.07 Å². The largest absolute Gasteiger partial charge is 0.426 e. The summed E-state index contributed by atoms with van der Waals surface area (Å²) in [6.45, 7) is 6.33. The van der Waals surface area contributed by atoms with Crippen LogP contribution in [0.15, 0.2) is 77.4 Å². The Balaban J connectivity index is 1.60. The SMILES string of the molecule is CC(C)(C)Nc1c(-c2cccc(OC(=O)CCc3ccccc3)c2)nc2ccc(Br)cn12. The Morgan fingerprint density at radius 2 is 1.84 bits per heavy atom. The van der Waals surface area contributed by atoms with Gasteiger partial charge in [0.05, 0.1) is 0 Å². The van der Waals surface area contributed by atoms with E-state index in [1.807, 2.05) is 71.3 Å². The number of carbonyl (C=O) groups excluding carboxylic acids is 1. The molecule has 0 bridgehead atoms. The van der Waals surface area contributed by atoms with E-state index in [9.17, 15) is 4.79 Å². The van der Waals surface area contributed by atoms with Crippen molar-refractivity contribution < 1.29 is 9.53 Å². The molecule has 1 N–H and O–H groups in total. The van der Waals surface area contributed by atoms with Gasteiger partial charge in [-0.15, -0.1) is 0 Å². The molecule has 4 aromatic rings. The smallest absolute Gasteiger partial charge is 0.311 e. The van der Waals surface area contributed by atoms with Crippen LogP contribution in [0, 0.1) is 0 Å². The fourth-order valence-corrected chi connectivity index (χ4v) is 3.81. The van der Waals surface area contributed by atoms with Crippen molar-refractivity contribution in [2.75, 3.05) is 5.32 Å². The number of rotatable bonds is 6. The normalized spacial score (nSPS) is 11.5. The first kappa shape index (κ1) is 22.1. The first-order valence-corrected chi connectivity index (χ1v) is 11.4. The predicted molar refractivity (Wildman–Crippen MR) is 132 cm³/mol. The number of fused-ring (bicyclic) bond motifs is 1. The van der Waals surface area contributed by atoms with E-state index in [4.69, 9.17) is 9.72 Å². The predicted octanol–water partition coefficient (Wildman–Crippen LogP) is 6.51. The van der Waals surface area contributed by atoms with Gasteiger partial charge in [0.1, 0.15) is 22.9 Å². The van der Waals surface area contributed by atoms with Gasteiger partial charge in [0.25, 0.3) is 0 Å². The third-order valence-corrected chi connectivity index (χ3v) is 5.34. The molecular formula is C26H26BrN3O2. The molecule has 2 heterocycles. The molecule has 0 saturated heterocycles. The summed E-state index contributed by atoms with van der Waals surface area (Å²) >= 11 is 3.55. The lowest BCUT2D eigenvalue weighted by molar-refractivity contribution is -0.134. The number of nitrogens with one attached hydrogen (secondary N) is 1. The van der Waals surface area contributed by atoms with Crippen LogP contribution in [0.4, 0.5) is 5.82 Å². The number of halogens is 1. The van der Waals surface area contributed by atoms with Crippen molar-refractivity contribution >= 4 is 33.4 Å². The highest BCUT2D eigenvalue weighted by atomic mass is 79.9. The highest BCUT2D eigenvalue weighted by molar-refractivity contribution is 9.10. The number of hydrogen-bond acceptors (Lipinski definition) is 4. The number of anilines is 1. The van der Waals surface area contributed by atoms with Gasteiger partial charge < -0.3 is 10.1 Å². The van der Waals surface area contributed by atoms with Crippen LogP contribution in [0.1, 0.15) is 32.8 Å². The first-order valence-electron chi connectivity index (χ1n) is 10.6. The van der Waals surface area contributed by atoms with Crippen molar-refractivity contribution in [3.63, 3.8) is 0 Å². The Kier molecular flexibility index (Phi) is 6.33. The summed E-state index contributed by atoms with van der Waals surface area (Å²) in [6.07, 6.45) is 2.97. The number of carbonyl (C=O) groups is 1. The molecule has 164 valence electrons. The molecular weight excluding hydrogens is 466 g/mol. The van der Waals surface area contributed by atoms with Crippen LogP contribution in [0.25, 0.3) is 16.9 Å². The lowest BCUT2D eigenvalue weighted by Gasteiger charge is -2.22. The molecule has 0 saturated carbocycles. The molecule has 6 heteroatoms. The summed E-state index contributed by atoms with van der Waals surface area (Å²) in [5.41, 5.74) is 3.48. The molecule has 0 aliphatic heterocycles. The number of pyridine rings is 1. The number of imidazole rings is 1. The van der Waals surface area contributed by atoms with Crippen LogP contribution in [0.5, 0.6) is 5.75 Å². The fraction of sp³-hybridized carbons (Fsp3) is 0.231. The van der Waals surface area contributed by atoms with Crippen LogP contribution < -0.4 is 10.1 Å². The minimum absolute atomic E-state index is 0.158. The zero-order valence-corrected chi connectivity index (χ0v) is 20.0. The minimum atomic E-state index is -0.252. The van der Waals surface area contributed by atoms with Crippen molar-refractivity contribution in [3.8, 4) is 17.0 Å². The van der Waals surface area contributed by atoms with Gasteiger partial charge in [-0.3, -0.25) is 9.20 Å². The highest BCUT2D eigenvalue weighted by Crippen LogP contribution is 2.33. The standard InChI is InChI=1S/C26H26BrN3O2/c1-26(2,3)29-25-24(28-22-14-13-20(27)17-30(22)25)19-10-7-11-21(16-19)32-23(31)15-12-18-8-5-4-6-9-18/h4-11,13-14,16-17,29H,12,15H2,1-3H3. The molecule has 32 heavy (non-hydrogen) atoms. The average molecular weight is 492 g/mol. The van der Waals surface area contributed by atoms with Crippen LogP contribution in [0.3, 0.4) is 0 Å². The van der Waals surface area contributed by atoms with E-state index in [1.165, 1.54) is 0 Å². The molecule has 0 aliphatic carbocycles. The van der Waals surface area contributed by atoms with Gasteiger partial charge in [-0.25, -0.2) is 4.98 Å². The topological polar surface area (TPSA) is 55.6 Å². The van der Waals surface area contributed by atoms with E-state index in [-0.39, 0.29) is 11.5 Å². The van der Waals surface area contributed by atoms with Gasteiger partial charge in [0.15, 0.2) is 0 Å². The summed E-state index contributed by atoms with van der Waals surface area (Å²) in [7, 11) is 0. The maximum absolute atomic E-state index is 12.4. The molecule has 5 nitrogen and oxygen atoms in total. The lowest BCUT2D eigenvalue weighted by atomic mass is 10.1. The molecule has 0 aliphatic rings. The Labute approximate surface area is 196 Å². The quantitative estimate of drug-likeness (QED) is 0.246. The second kappa shape index (κ2) is 9.17. The lowest BCUT2D eigenvalue weighted by Crippen LogP contribution is -2.27. The molecule has 4 rings (SSSR count). The second-order valence-electron chi connectivity index (χ2n) is 8.75. The van der Waals surface area contributed by atoms with Crippen molar-refractivity contribution in [1.82, 2.24) is 9.38 Å². The number of benzene rings is 2. The summed E-state index contributed by atoms with van der Waals surface area (Å²) in [6, 6.07) is 21.4. The molecule has 0 radical (unpaired) electrons. The van der Waals surface area contributed by atoms with E-state index in [0.29, 0.717) is 18.6 Å². The summed E-state index contributed by atoms with van der Waals surface area (Å²) in [4.78, 5) is 17.3. The van der Waals surface area contributed by atoms with Gasteiger partial charge in [-0.05, 0) is 73.0 Å². The van der Waals surface area contributed by atoms with Crippen LogP contribution in [-0.2, 0) is 11.2 Å². The maximum Gasteiger partial charge on any atom is 0.311 e. The molecule has 0 amide bonds. The molecule has 0 fully saturated rings. The van der Waals surface area contributed by atoms with E-state index >= 15 is 0 Å². The van der Waals surface area contributed by atoms with Gasteiger partial charge in [0.2, 0.25) is 0 Å². The average Bonchev–Trinajstić information content (AvgIpc) is 3.09. The van der Waals surface area contributed by atoms with Crippen molar-refractivity contribution in [3.05, 3.63) is 83.0 Å². The van der Waals surface area contributed by atoms with E-state index < -0.39 is 0 Å². The zero-order chi connectivity index (χ0) is 22.7. The number of ether oxygens (including phenoxy) is 1. The minimum Gasteiger partial charge on any atom is -0.426 e. The van der Waals surface area contributed by atoms with Crippen molar-refractivity contribution in [2.45, 2.75) is 39.2 Å². The zero-order valence-electron chi connectivity index (χ0n) is 18.4. The monoisotopic (exact) mass is 491 g/mol. The van der Waals surface area contributed by atoms with Crippen molar-refractivity contribution in [1.29, 1.82) is 0 Å². The maximum atomic E-state index is 12.4. The first-order chi connectivity index (χ1) is 15.3. The third-order valence-electron chi connectivity index (χ3n) is 4.88. The van der Waals surface area contributed by atoms with Crippen LogP contribution in [0.2, 0.25) is 0 Å². The second-order valence-corrected chi connectivity index (χ2v) is 9.66. The Hall–Kier alpha value is -3.12. The molecule has 0 spiro atoms. The van der Waals surface area contributed by atoms with E-state index in [2.05, 4.69) is 42.0 Å². The van der Waals surface area contributed by atoms with Gasteiger partial charge in [-0.2, -0.15) is 0 Å². The van der Waals surface area contributed by atoms with Crippen molar-refractivity contribution in [2.24, 2.45) is 0 Å². The van der Waals surface area contributed by atoms with Gasteiger partial charge >= 0.3 is 5.97 Å².